The first-order chi connectivity index (χ1) is 15.6. The molecule has 0 aliphatic rings. The van der Waals surface area contributed by atoms with E-state index < -0.39 is 0 Å². The lowest BCUT2D eigenvalue weighted by atomic mass is 10.2. The van der Waals surface area contributed by atoms with Gasteiger partial charge in [-0.1, -0.05) is 37.3 Å². The van der Waals surface area contributed by atoms with E-state index in [4.69, 9.17) is 12.2 Å². The predicted molar refractivity (Wildman–Crippen MR) is 140 cm³/mol. The van der Waals surface area contributed by atoms with Crippen molar-refractivity contribution < 1.29 is 4.79 Å². The number of amides is 1. The Hall–Kier alpha value is -3.29. The number of aromatic nitrogens is 1. The lowest BCUT2D eigenvalue weighted by Crippen LogP contribution is -2.24. The number of carbonyl (C=O) groups is 1. The minimum absolute atomic E-state index is 0.0111. The monoisotopic (exact) mass is 460 g/mol. The summed E-state index contributed by atoms with van der Waals surface area (Å²) in [6.07, 6.45) is 2.61. The van der Waals surface area contributed by atoms with Crippen LogP contribution in [0.15, 0.2) is 90.0 Å². The Morgan fingerprint density at radius 2 is 1.66 bits per heavy atom. The Bertz CT molecular complexity index is 1220. The van der Waals surface area contributed by atoms with Gasteiger partial charge in [0.1, 0.15) is 0 Å². The van der Waals surface area contributed by atoms with Gasteiger partial charge in [0.2, 0.25) is 5.91 Å². The van der Waals surface area contributed by atoms with Crippen molar-refractivity contribution in [1.82, 2.24) is 4.98 Å². The molecule has 0 aliphatic heterocycles. The van der Waals surface area contributed by atoms with Gasteiger partial charge in [0, 0.05) is 33.7 Å². The number of thiocarbonyl (C=S) groups is 1. The first-order valence-corrected chi connectivity index (χ1v) is 11.7. The van der Waals surface area contributed by atoms with Gasteiger partial charge in [0.05, 0.1) is 5.25 Å². The van der Waals surface area contributed by atoms with E-state index in [9.17, 15) is 4.79 Å². The van der Waals surface area contributed by atoms with E-state index in [1.54, 1.807) is 11.8 Å². The van der Waals surface area contributed by atoms with Crippen LogP contribution in [0, 0.1) is 0 Å². The summed E-state index contributed by atoms with van der Waals surface area (Å²) in [4.78, 5) is 17.1. The maximum atomic E-state index is 12.9. The van der Waals surface area contributed by atoms with Gasteiger partial charge in [0.25, 0.3) is 0 Å². The van der Waals surface area contributed by atoms with Gasteiger partial charge in [-0.3, -0.25) is 4.79 Å². The SMILES string of the molecule is CCC(Sc1cccc(NC(=S)Nc2ccccc2)c1)C(=O)Nc1ccc2cc[nH]c2c1. The lowest BCUT2D eigenvalue weighted by molar-refractivity contribution is -0.115. The van der Waals surface area contributed by atoms with Crippen LogP contribution in [0.4, 0.5) is 17.1 Å². The zero-order valence-corrected chi connectivity index (χ0v) is 19.2. The molecule has 5 nitrogen and oxygen atoms in total. The largest absolute Gasteiger partial charge is 0.361 e. The van der Waals surface area contributed by atoms with Crippen molar-refractivity contribution in [3.8, 4) is 0 Å². The Kier molecular flexibility index (Phi) is 7.09. The standard InChI is InChI=1S/C25H24N4OS2/c1-2-23(24(30)27-20-12-11-17-13-14-26-22(17)16-20)32-21-10-6-9-19(15-21)29-25(31)28-18-7-4-3-5-8-18/h3-16,23,26H,2H2,1H3,(H,27,30)(H2,28,29,31). The number of fused-ring (bicyclic) bond motifs is 1. The van der Waals surface area contributed by atoms with Crippen molar-refractivity contribution in [2.24, 2.45) is 0 Å². The molecule has 0 bridgehead atoms. The van der Waals surface area contributed by atoms with Crippen LogP contribution in [0.2, 0.25) is 0 Å². The van der Waals surface area contributed by atoms with Gasteiger partial charge in [-0.25, -0.2) is 0 Å². The molecular weight excluding hydrogens is 436 g/mol. The highest BCUT2D eigenvalue weighted by atomic mass is 32.2. The van der Waals surface area contributed by atoms with Crippen LogP contribution in [0.5, 0.6) is 0 Å². The van der Waals surface area contributed by atoms with Gasteiger partial charge in [-0.15, -0.1) is 11.8 Å². The summed E-state index contributed by atoms with van der Waals surface area (Å²) in [5, 5.41) is 10.8. The number of para-hydroxylation sites is 1. The predicted octanol–water partition coefficient (Wildman–Crippen LogP) is 6.49. The van der Waals surface area contributed by atoms with Gasteiger partial charge in [-0.05, 0) is 72.6 Å². The number of thioether (sulfide) groups is 1. The van der Waals surface area contributed by atoms with Crippen LogP contribution in [0.25, 0.3) is 10.9 Å². The maximum Gasteiger partial charge on any atom is 0.237 e. The van der Waals surface area contributed by atoms with Crippen molar-refractivity contribution in [3.63, 3.8) is 0 Å². The van der Waals surface area contributed by atoms with E-state index in [0.717, 1.165) is 32.9 Å². The molecular formula is C25H24N4OS2. The number of nitrogens with one attached hydrogen (secondary N) is 4. The zero-order valence-electron chi connectivity index (χ0n) is 17.6. The van der Waals surface area contributed by atoms with Crippen LogP contribution in [0.1, 0.15) is 13.3 Å². The fraction of sp³-hybridized carbons (Fsp3) is 0.120. The summed E-state index contributed by atoms with van der Waals surface area (Å²) in [6, 6.07) is 25.6. The summed E-state index contributed by atoms with van der Waals surface area (Å²) >= 11 is 6.96. The highest BCUT2D eigenvalue weighted by molar-refractivity contribution is 8.00. The van der Waals surface area contributed by atoms with E-state index in [1.807, 2.05) is 92.0 Å². The number of hydrogen-bond acceptors (Lipinski definition) is 3. The van der Waals surface area contributed by atoms with Crippen LogP contribution in [0.3, 0.4) is 0 Å². The molecule has 3 aromatic carbocycles. The molecule has 32 heavy (non-hydrogen) atoms. The molecule has 0 radical (unpaired) electrons. The molecule has 1 aromatic heterocycles. The number of benzene rings is 3. The topological polar surface area (TPSA) is 68.9 Å². The van der Waals surface area contributed by atoms with Gasteiger partial charge in [-0.2, -0.15) is 0 Å². The van der Waals surface area contributed by atoms with Crippen molar-refractivity contribution >= 4 is 63.0 Å². The average Bonchev–Trinajstić information content (AvgIpc) is 3.26. The average molecular weight is 461 g/mol. The molecule has 1 unspecified atom stereocenters. The van der Waals surface area contributed by atoms with Crippen molar-refractivity contribution in [2.75, 3.05) is 16.0 Å². The molecule has 0 fully saturated rings. The summed E-state index contributed by atoms with van der Waals surface area (Å²) < 4.78 is 0. The number of rotatable bonds is 7. The van der Waals surface area contributed by atoms with Crippen molar-refractivity contribution in [3.05, 3.63) is 85.1 Å². The van der Waals surface area contributed by atoms with E-state index in [0.29, 0.717) is 11.5 Å². The number of carbonyl (C=O) groups excluding carboxylic acids is 1. The van der Waals surface area contributed by atoms with E-state index in [-0.39, 0.29) is 11.2 Å². The minimum atomic E-state index is -0.209. The molecule has 1 amide bonds. The second-order valence-corrected chi connectivity index (χ2v) is 8.94. The van der Waals surface area contributed by atoms with E-state index in [1.165, 1.54) is 0 Å². The summed E-state index contributed by atoms with van der Waals surface area (Å²) in [6.45, 7) is 2.02. The Labute approximate surface area is 197 Å². The Morgan fingerprint density at radius 3 is 2.47 bits per heavy atom. The van der Waals surface area contributed by atoms with E-state index in [2.05, 4.69) is 20.9 Å². The van der Waals surface area contributed by atoms with Gasteiger partial charge >= 0.3 is 0 Å². The third kappa shape index (κ3) is 5.69. The normalized spacial score (nSPS) is 11.7. The maximum absolute atomic E-state index is 12.9. The third-order valence-corrected chi connectivity index (χ3v) is 6.45. The molecule has 0 aliphatic carbocycles. The zero-order chi connectivity index (χ0) is 22.3. The number of anilines is 3. The molecule has 0 spiro atoms. The van der Waals surface area contributed by atoms with Crippen LogP contribution in [-0.2, 0) is 4.79 Å². The van der Waals surface area contributed by atoms with Crippen molar-refractivity contribution in [2.45, 2.75) is 23.5 Å². The fourth-order valence-corrected chi connectivity index (χ4v) is 4.55. The first kappa shape index (κ1) is 21.9. The van der Waals surface area contributed by atoms with Gasteiger partial charge in [0.15, 0.2) is 5.11 Å². The highest BCUT2D eigenvalue weighted by Gasteiger charge is 2.18. The molecule has 4 N–H and O–H groups in total. The summed E-state index contributed by atoms with van der Waals surface area (Å²) in [5.41, 5.74) is 3.59. The number of H-pyrrole nitrogens is 1. The molecule has 162 valence electrons. The minimum Gasteiger partial charge on any atom is -0.361 e. The Morgan fingerprint density at radius 1 is 0.906 bits per heavy atom. The molecule has 0 saturated heterocycles. The second kappa shape index (κ2) is 10.3. The fourth-order valence-electron chi connectivity index (χ4n) is 3.30. The molecule has 1 heterocycles. The van der Waals surface area contributed by atoms with Crippen LogP contribution < -0.4 is 16.0 Å². The van der Waals surface area contributed by atoms with E-state index >= 15 is 0 Å². The lowest BCUT2D eigenvalue weighted by Gasteiger charge is -2.16. The summed E-state index contributed by atoms with van der Waals surface area (Å²) in [7, 11) is 0. The molecule has 4 aromatic rings. The second-order valence-electron chi connectivity index (χ2n) is 7.26. The smallest absolute Gasteiger partial charge is 0.237 e. The molecule has 0 saturated carbocycles. The van der Waals surface area contributed by atoms with Crippen LogP contribution in [-0.4, -0.2) is 21.3 Å². The molecule has 1 atom stereocenters. The molecule has 7 heteroatoms. The third-order valence-electron chi connectivity index (χ3n) is 4.89. The number of hydrogen-bond donors (Lipinski definition) is 4. The number of aromatic amines is 1. The van der Waals surface area contributed by atoms with Gasteiger partial charge < -0.3 is 20.9 Å². The Balaban J connectivity index is 1.38. The molecule has 4 rings (SSSR count). The van der Waals surface area contributed by atoms with Crippen LogP contribution >= 0.6 is 24.0 Å². The first-order valence-electron chi connectivity index (χ1n) is 10.4. The highest BCUT2D eigenvalue weighted by Crippen LogP contribution is 2.29. The van der Waals surface area contributed by atoms with Crippen molar-refractivity contribution in [1.29, 1.82) is 0 Å². The summed E-state index contributed by atoms with van der Waals surface area (Å²) in [5.74, 6) is -0.0111. The quantitative estimate of drug-likeness (QED) is 0.188.